The molecule has 22 heavy (non-hydrogen) atoms. The number of carbonyl (C=O) groups excluding carboxylic acids is 1. The molecule has 0 aliphatic carbocycles. The van der Waals surface area contributed by atoms with E-state index in [2.05, 4.69) is 11.8 Å². The van der Waals surface area contributed by atoms with Gasteiger partial charge in [-0.05, 0) is 32.0 Å². The van der Waals surface area contributed by atoms with Gasteiger partial charge in [0, 0.05) is 11.6 Å². The fraction of sp³-hybridized carbons (Fsp3) is 0.176. The fourth-order valence-corrected chi connectivity index (χ4v) is 2.75. The molecule has 4 nitrogen and oxygen atoms in total. The molecule has 0 saturated carbocycles. The van der Waals surface area contributed by atoms with Crippen molar-refractivity contribution in [2.75, 3.05) is 4.90 Å². The fourth-order valence-electron chi connectivity index (χ4n) is 1.90. The van der Waals surface area contributed by atoms with E-state index < -0.39 is 5.97 Å². The van der Waals surface area contributed by atoms with Crippen molar-refractivity contribution in [3.63, 3.8) is 0 Å². The minimum absolute atomic E-state index is 0.123. The second-order valence-corrected chi connectivity index (χ2v) is 5.90. The van der Waals surface area contributed by atoms with Crippen LogP contribution in [0.25, 0.3) is 0 Å². The van der Waals surface area contributed by atoms with Crippen LogP contribution in [0.2, 0.25) is 0 Å². The molecule has 1 heterocycles. The minimum atomic E-state index is -1.06. The van der Waals surface area contributed by atoms with Gasteiger partial charge in [0.05, 0.1) is 10.6 Å². The molecule has 0 spiro atoms. The van der Waals surface area contributed by atoms with Gasteiger partial charge in [0.2, 0.25) is 6.41 Å². The highest BCUT2D eigenvalue weighted by molar-refractivity contribution is 7.15. The number of aromatic carboxylic acids is 1. The molecule has 1 aromatic carbocycles. The topological polar surface area (TPSA) is 57.6 Å². The van der Waals surface area contributed by atoms with Gasteiger partial charge in [0.1, 0.15) is 4.88 Å². The van der Waals surface area contributed by atoms with E-state index in [1.165, 1.54) is 4.90 Å². The Hall–Kier alpha value is -2.58. The quantitative estimate of drug-likeness (QED) is 0.696. The average molecular weight is 313 g/mol. The number of carboxylic acid groups (broad SMARTS) is 1. The Kier molecular flexibility index (Phi) is 4.97. The summed E-state index contributed by atoms with van der Waals surface area (Å²) in [6.07, 6.45) is 0.646. The van der Waals surface area contributed by atoms with E-state index >= 15 is 0 Å². The van der Waals surface area contributed by atoms with E-state index in [9.17, 15) is 14.7 Å². The van der Waals surface area contributed by atoms with E-state index in [0.717, 1.165) is 16.9 Å². The lowest BCUT2D eigenvalue weighted by Crippen LogP contribution is -2.29. The zero-order valence-corrected chi connectivity index (χ0v) is 13.1. The molecule has 0 saturated heterocycles. The lowest BCUT2D eigenvalue weighted by atomic mass is 10.2. The lowest BCUT2D eigenvalue weighted by Gasteiger charge is -2.20. The maximum atomic E-state index is 11.4. The normalized spacial score (nSPS) is 9.95. The number of hydrogen-bond acceptors (Lipinski definition) is 3. The van der Waals surface area contributed by atoms with Crippen molar-refractivity contribution >= 4 is 29.4 Å². The Morgan fingerprint density at radius 3 is 2.50 bits per heavy atom. The van der Waals surface area contributed by atoms with Gasteiger partial charge in [-0.25, -0.2) is 4.79 Å². The van der Waals surface area contributed by atoms with Gasteiger partial charge in [-0.3, -0.25) is 4.79 Å². The summed E-state index contributed by atoms with van der Waals surface area (Å²) < 4.78 is 0. The molecule has 0 aliphatic heterocycles. The van der Waals surface area contributed by atoms with E-state index in [-0.39, 0.29) is 10.9 Å². The summed E-state index contributed by atoms with van der Waals surface area (Å²) in [5, 5.41) is 9.31. The lowest BCUT2D eigenvalue weighted by molar-refractivity contribution is -0.107. The van der Waals surface area contributed by atoms with Gasteiger partial charge in [-0.1, -0.05) is 30.0 Å². The molecule has 0 bridgehead atoms. The van der Waals surface area contributed by atoms with Gasteiger partial charge in [0.25, 0.3) is 0 Å². The summed E-state index contributed by atoms with van der Waals surface area (Å²) in [7, 11) is 0. The minimum Gasteiger partial charge on any atom is -0.477 e. The zero-order chi connectivity index (χ0) is 16.1. The van der Waals surface area contributed by atoms with E-state index in [1.54, 1.807) is 6.07 Å². The molecule has 112 valence electrons. The molecule has 0 unspecified atom stereocenters. The molecule has 0 atom stereocenters. The van der Waals surface area contributed by atoms with Crippen LogP contribution in [-0.4, -0.2) is 23.5 Å². The van der Waals surface area contributed by atoms with Crippen LogP contribution in [0, 0.1) is 11.8 Å². The van der Waals surface area contributed by atoms with Crippen molar-refractivity contribution in [2.45, 2.75) is 19.9 Å². The maximum absolute atomic E-state index is 11.4. The summed E-state index contributed by atoms with van der Waals surface area (Å²) in [6, 6.07) is 11.0. The summed E-state index contributed by atoms with van der Waals surface area (Å²) in [5.74, 6) is 4.89. The van der Waals surface area contributed by atoms with Crippen molar-refractivity contribution in [3.8, 4) is 11.8 Å². The smallest absolute Gasteiger partial charge is 0.348 e. The van der Waals surface area contributed by atoms with E-state index in [4.69, 9.17) is 0 Å². The first-order valence-electron chi connectivity index (χ1n) is 6.70. The SMILES string of the molecule is CC(C)N(C=O)c1cc(C#Cc2ccccc2)sc1C(=O)O. The Morgan fingerprint density at radius 2 is 1.95 bits per heavy atom. The van der Waals surface area contributed by atoms with Crippen molar-refractivity contribution < 1.29 is 14.7 Å². The molecule has 1 N–H and O–H groups in total. The van der Waals surface area contributed by atoms with Gasteiger partial charge < -0.3 is 10.0 Å². The van der Waals surface area contributed by atoms with Crippen LogP contribution in [0.3, 0.4) is 0 Å². The largest absolute Gasteiger partial charge is 0.477 e. The second-order valence-electron chi connectivity index (χ2n) is 4.85. The zero-order valence-electron chi connectivity index (χ0n) is 12.2. The molecule has 2 aromatic rings. The van der Waals surface area contributed by atoms with Gasteiger partial charge >= 0.3 is 5.97 Å². The molecular formula is C17H15NO3S. The van der Waals surface area contributed by atoms with E-state index in [0.29, 0.717) is 17.0 Å². The van der Waals surface area contributed by atoms with Crippen LogP contribution in [0.15, 0.2) is 36.4 Å². The Bertz CT molecular complexity index is 738. The predicted octanol–water partition coefficient (Wildman–Crippen LogP) is 3.22. The van der Waals surface area contributed by atoms with Crippen LogP contribution < -0.4 is 4.90 Å². The highest BCUT2D eigenvalue weighted by Crippen LogP contribution is 2.30. The number of nitrogens with zero attached hydrogens (tertiary/aromatic N) is 1. The number of benzene rings is 1. The van der Waals surface area contributed by atoms with Gasteiger partial charge in [-0.2, -0.15) is 0 Å². The highest BCUT2D eigenvalue weighted by atomic mass is 32.1. The highest BCUT2D eigenvalue weighted by Gasteiger charge is 2.21. The second kappa shape index (κ2) is 6.92. The predicted molar refractivity (Wildman–Crippen MR) is 87.4 cm³/mol. The molecule has 1 amide bonds. The molecule has 0 aliphatic rings. The van der Waals surface area contributed by atoms with Crippen LogP contribution >= 0.6 is 11.3 Å². The summed E-state index contributed by atoms with van der Waals surface area (Å²) in [6.45, 7) is 3.65. The van der Waals surface area contributed by atoms with Gasteiger partial charge in [0.15, 0.2) is 0 Å². The number of amides is 1. The Labute approximate surface area is 133 Å². The Balaban J connectivity index is 2.41. The number of carbonyl (C=O) groups is 2. The number of thiophene rings is 1. The summed E-state index contributed by atoms with van der Waals surface area (Å²) in [5.41, 5.74) is 1.24. The molecule has 2 rings (SSSR count). The van der Waals surface area contributed by atoms with Crippen LogP contribution in [-0.2, 0) is 4.79 Å². The first-order chi connectivity index (χ1) is 10.5. The van der Waals surface area contributed by atoms with Crippen molar-refractivity contribution in [2.24, 2.45) is 0 Å². The molecule has 0 radical (unpaired) electrons. The third-order valence-electron chi connectivity index (χ3n) is 2.96. The first-order valence-corrected chi connectivity index (χ1v) is 7.52. The number of anilines is 1. The number of rotatable bonds is 4. The standard InChI is InChI=1S/C17H15NO3S/c1-12(2)18(11-19)15-10-14(22-16(15)17(20)21)9-8-13-6-4-3-5-7-13/h3-7,10-12H,1-2H3,(H,20,21). The maximum Gasteiger partial charge on any atom is 0.348 e. The third-order valence-corrected chi connectivity index (χ3v) is 3.99. The average Bonchev–Trinajstić information content (AvgIpc) is 2.91. The van der Waals surface area contributed by atoms with Crippen LogP contribution in [0.5, 0.6) is 0 Å². The first kappa shape index (κ1) is 15.8. The summed E-state index contributed by atoms with van der Waals surface area (Å²) in [4.78, 5) is 24.7. The van der Waals surface area contributed by atoms with Crippen molar-refractivity contribution in [1.29, 1.82) is 0 Å². The Morgan fingerprint density at radius 1 is 1.27 bits per heavy atom. The molecular weight excluding hydrogens is 298 g/mol. The molecule has 1 aromatic heterocycles. The molecule has 5 heteroatoms. The van der Waals surface area contributed by atoms with Crippen LogP contribution in [0.4, 0.5) is 5.69 Å². The van der Waals surface area contributed by atoms with Crippen molar-refractivity contribution in [3.05, 3.63) is 51.7 Å². The number of carboxylic acids is 1. The monoisotopic (exact) mass is 313 g/mol. The summed E-state index contributed by atoms with van der Waals surface area (Å²) >= 11 is 1.07. The molecule has 0 fully saturated rings. The van der Waals surface area contributed by atoms with Gasteiger partial charge in [-0.15, -0.1) is 11.3 Å². The van der Waals surface area contributed by atoms with E-state index in [1.807, 2.05) is 44.2 Å². The van der Waals surface area contributed by atoms with Crippen LogP contribution in [0.1, 0.15) is 34.0 Å². The van der Waals surface area contributed by atoms with Crippen molar-refractivity contribution in [1.82, 2.24) is 0 Å². The third kappa shape index (κ3) is 3.54. The number of hydrogen-bond donors (Lipinski definition) is 1.